The number of rotatable bonds is 10. The first-order valence-corrected chi connectivity index (χ1v) is 8.76. The molecule has 3 N–H and O–H groups in total. The maximum atomic E-state index is 9.38. The second-order valence-electron chi connectivity index (χ2n) is 6.82. The summed E-state index contributed by atoms with van der Waals surface area (Å²) in [5, 5.41) is 15.9. The van der Waals surface area contributed by atoms with Gasteiger partial charge < -0.3 is 25.2 Å². The van der Waals surface area contributed by atoms with Gasteiger partial charge in [-0.2, -0.15) is 0 Å². The molecule has 0 aliphatic heterocycles. The quantitative estimate of drug-likeness (QED) is 0.208. The summed E-state index contributed by atoms with van der Waals surface area (Å²) >= 11 is 0. The average Bonchev–Trinajstić information content (AvgIpc) is 2.59. The largest absolute Gasteiger partial charge is 0.491 e. The topological polar surface area (TPSA) is 75.1 Å². The molecule has 1 aromatic rings. The summed E-state index contributed by atoms with van der Waals surface area (Å²) in [4.78, 5) is 4.64. The average molecular weight is 479 g/mol. The highest BCUT2D eigenvalue weighted by Crippen LogP contribution is 2.21. The SMILES string of the molecule is CCNC(=NCc1ccc(C)cc1OCCOC)NCC(C)(C)CO.I. The summed E-state index contributed by atoms with van der Waals surface area (Å²) in [6.45, 7) is 11.2. The number of guanidine groups is 1. The van der Waals surface area contributed by atoms with Crippen LogP contribution in [0.4, 0.5) is 0 Å². The van der Waals surface area contributed by atoms with Crippen molar-refractivity contribution in [2.24, 2.45) is 10.4 Å². The third-order valence-electron chi connectivity index (χ3n) is 3.68. The molecule has 0 aliphatic rings. The van der Waals surface area contributed by atoms with Gasteiger partial charge in [-0.15, -0.1) is 24.0 Å². The number of halogens is 1. The van der Waals surface area contributed by atoms with E-state index in [1.54, 1.807) is 7.11 Å². The van der Waals surface area contributed by atoms with E-state index < -0.39 is 0 Å². The fourth-order valence-electron chi connectivity index (χ4n) is 2.05. The van der Waals surface area contributed by atoms with E-state index in [0.717, 1.165) is 29.4 Å². The Balaban J connectivity index is 0.00000625. The molecule has 0 bridgehead atoms. The molecule has 0 unspecified atom stereocenters. The number of benzene rings is 1. The van der Waals surface area contributed by atoms with Crippen molar-refractivity contribution in [2.45, 2.75) is 34.2 Å². The molecule has 0 saturated heterocycles. The smallest absolute Gasteiger partial charge is 0.191 e. The first-order valence-electron chi connectivity index (χ1n) is 8.76. The second-order valence-corrected chi connectivity index (χ2v) is 6.82. The molecule has 0 radical (unpaired) electrons. The number of hydrogen-bond acceptors (Lipinski definition) is 4. The number of aliphatic hydroxyl groups excluding tert-OH is 1. The number of nitrogens with zero attached hydrogens (tertiary/aromatic N) is 1. The van der Waals surface area contributed by atoms with Gasteiger partial charge in [0, 0.05) is 37.8 Å². The van der Waals surface area contributed by atoms with Crippen LogP contribution in [0, 0.1) is 12.3 Å². The molecular formula is C19H34IN3O3. The van der Waals surface area contributed by atoms with Gasteiger partial charge in [0.15, 0.2) is 5.96 Å². The van der Waals surface area contributed by atoms with Gasteiger partial charge in [0.05, 0.1) is 13.2 Å². The summed E-state index contributed by atoms with van der Waals surface area (Å²) in [7, 11) is 1.66. The Labute approximate surface area is 174 Å². The molecule has 1 aromatic carbocycles. The van der Waals surface area contributed by atoms with Gasteiger partial charge in [-0.25, -0.2) is 4.99 Å². The zero-order valence-electron chi connectivity index (χ0n) is 16.6. The van der Waals surface area contributed by atoms with E-state index in [1.165, 1.54) is 0 Å². The Kier molecular flexibility index (Phi) is 12.6. The van der Waals surface area contributed by atoms with Gasteiger partial charge in [-0.3, -0.25) is 0 Å². The predicted octanol–water partition coefficient (Wildman–Crippen LogP) is 2.71. The zero-order valence-corrected chi connectivity index (χ0v) is 18.9. The molecule has 1 rings (SSSR count). The van der Waals surface area contributed by atoms with Crippen LogP contribution in [0.1, 0.15) is 31.9 Å². The molecule has 0 aliphatic carbocycles. The van der Waals surface area contributed by atoms with Crippen molar-refractivity contribution < 1.29 is 14.6 Å². The number of nitrogens with one attached hydrogen (secondary N) is 2. The van der Waals surface area contributed by atoms with Crippen LogP contribution in [0.3, 0.4) is 0 Å². The number of methoxy groups -OCH3 is 1. The molecular weight excluding hydrogens is 445 g/mol. The van der Waals surface area contributed by atoms with E-state index in [2.05, 4.69) is 21.7 Å². The first kappa shape index (κ1) is 24.9. The highest BCUT2D eigenvalue weighted by atomic mass is 127. The standard InChI is InChI=1S/C19H33N3O3.HI/c1-6-20-18(22-13-19(3,4)14-23)21-12-16-8-7-15(2)11-17(16)25-10-9-24-5;/h7-8,11,23H,6,9-10,12-14H2,1-5H3,(H2,20,21,22);1H. The van der Waals surface area contributed by atoms with Gasteiger partial charge in [0.2, 0.25) is 0 Å². The molecule has 26 heavy (non-hydrogen) atoms. The van der Waals surface area contributed by atoms with Crippen molar-refractivity contribution in [3.05, 3.63) is 29.3 Å². The summed E-state index contributed by atoms with van der Waals surface area (Å²) in [6.07, 6.45) is 0. The number of hydrogen-bond donors (Lipinski definition) is 3. The summed E-state index contributed by atoms with van der Waals surface area (Å²) in [5.74, 6) is 1.57. The van der Waals surface area contributed by atoms with Crippen molar-refractivity contribution in [3.63, 3.8) is 0 Å². The van der Waals surface area contributed by atoms with Crippen LogP contribution in [0.15, 0.2) is 23.2 Å². The Bertz CT molecular complexity index is 551. The zero-order chi connectivity index (χ0) is 18.7. The molecule has 7 heteroatoms. The first-order chi connectivity index (χ1) is 11.9. The van der Waals surface area contributed by atoms with E-state index in [-0.39, 0.29) is 36.0 Å². The minimum atomic E-state index is -0.200. The van der Waals surface area contributed by atoms with Crippen molar-refractivity contribution in [1.29, 1.82) is 0 Å². The van der Waals surface area contributed by atoms with Gasteiger partial charge >= 0.3 is 0 Å². The number of aliphatic hydroxyl groups is 1. The van der Waals surface area contributed by atoms with Crippen LogP contribution in [-0.4, -0.2) is 51.1 Å². The monoisotopic (exact) mass is 479 g/mol. The van der Waals surface area contributed by atoms with E-state index in [1.807, 2.05) is 39.8 Å². The fourth-order valence-corrected chi connectivity index (χ4v) is 2.05. The van der Waals surface area contributed by atoms with Gasteiger partial charge in [-0.05, 0) is 25.5 Å². The van der Waals surface area contributed by atoms with Gasteiger partial charge in [0.1, 0.15) is 12.4 Å². The maximum absolute atomic E-state index is 9.38. The number of aliphatic imine (C=N–C) groups is 1. The molecule has 0 fully saturated rings. The van der Waals surface area contributed by atoms with E-state index in [4.69, 9.17) is 9.47 Å². The fraction of sp³-hybridized carbons (Fsp3) is 0.632. The lowest BCUT2D eigenvalue weighted by molar-refractivity contribution is 0.145. The van der Waals surface area contributed by atoms with Crippen molar-refractivity contribution in [1.82, 2.24) is 10.6 Å². The number of ether oxygens (including phenoxy) is 2. The van der Waals surface area contributed by atoms with Gasteiger partial charge in [-0.1, -0.05) is 26.0 Å². The molecule has 0 amide bonds. The van der Waals surface area contributed by atoms with Crippen molar-refractivity contribution in [3.8, 4) is 5.75 Å². The Morgan fingerprint density at radius 1 is 1.23 bits per heavy atom. The molecule has 0 saturated carbocycles. The summed E-state index contributed by atoms with van der Waals surface area (Å²) < 4.78 is 10.9. The van der Waals surface area contributed by atoms with Crippen LogP contribution in [0.25, 0.3) is 0 Å². The van der Waals surface area contributed by atoms with Crippen molar-refractivity contribution in [2.75, 3.05) is 40.0 Å². The second kappa shape index (κ2) is 13.2. The highest BCUT2D eigenvalue weighted by Gasteiger charge is 2.16. The van der Waals surface area contributed by atoms with Crippen LogP contribution in [0.2, 0.25) is 0 Å². The molecule has 0 aromatic heterocycles. The molecule has 0 spiro atoms. The third-order valence-corrected chi connectivity index (χ3v) is 3.68. The summed E-state index contributed by atoms with van der Waals surface area (Å²) in [5.41, 5.74) is 1.98. The molecule has 6 nitrogen and oxygen atoms in total. The lowest BCUT2D eigenvalue weighted by Gasteiger charge is -2.23. The van der Waals surface area contributed by atoms with Crippen LogP contribution in [-0.2, 0) is 11.3 Å². The normalized spacial score (nSPS) is 11.7. The van der Waals surface area contributed by atoms with Crippen LogP contribution in [0.5, 0.6) is 5.75 Å². The Hall–Kier alpha value is -1.06. The minimum Gasteiger partial charge on any atom is -0.491 e. The van der Waals surface area contributed by atoms with E-state index in [9.17, 15) is 5.11 Å². The molecule has 150 valence electrons. The van der Waals surface area contributed by atoms with Crippen molar-refractivity contribution >= 4 is 29.9 Å². The number of aryl methyl sites for hydroxylation is 1. The Morgan fingerprint density at radius 2 is 1.96 bits per heavy atom. The minimum absolute atomic E-state index is 0. The lowest BCUT2D eigenvalue weighted by atomic mass is 9.95. The van der Waals surface area contributed by atoms with E-state index >= 15 is 0 Å². The summed E-state index contributed by atoms with van der Waals surface area (Å²) in [6, 6.07) is 6.13. The predicted molar refractivity (Wildman–Crippen MR) is 118 cm³/mol. The van der Waals surface area contributed by atoms with Crippen LogP contribution >= 0.6 is 24.0 Å². The molecule has 0 heterocycles. The maximum Gasteiger partial charge on any atom is 0.191 e. The molecule has 0 atom stereocenters. The van der Waals surface area contributed by atoms with Gasteiger partial charge in [0.25, 0.3) is 0 Å². The Morgan fingerprint density at radius 3 is 2.58 bits per heavy atom. The van der Waals surface area contributed by atoms with Crippen LogP contribution < -0.4 is 15.4 Å². The lowest BCUT2D eigenvalue weighted by Crippen LogP contribution is -2.43. The highest BCUT2D eigenvalue weighted by molar-refractivity contribution is 14.0. The van der Waals surface area contributed by atoms with E-state index in [0.29, 0.717) is 26.3 Å². The third kappa shape index (κ3) is 9.59.